The molecule has 0 saturated heterocycles. The van der Waals surface area contributed by atoms with Crippen molar-refractivity contribution in [3.8, 4) is 0 Å². The van der Waals surface area contributed by atoms with Crippen LogP contribution in [0.3, 0.4) is 0 Å². The summed E-state index contributed by atoms with van der Waals surface area (Å²) in [4.78, 5) is 0. The summed E-state index contributed by atoms with van der Waals surface area (Å²) in [5.41, 5.74) is 0.0871. The first-order chi connectivity index (χ1) is 9.78. The van der Waals surface area contributed by atoms with Gasteiger partial charge in [-0.1, -0.05) is 20.3 Å². The quantitative estimate of drug-likeness (QED) is 0.622. The number of nitrogens with one attached hydrogen (secondary N) is 1. The van der Waals surface area contributed by atoms with Gasteiger partial charge < -0.3 is 14.8 Å². The summed E-state index contributed by atoms with van der Waals surface area (Å²) in [6, 6.07) is 0.774. The van der Waals surface area contributed by atoms with Crippen LogP contribution in [0, 0.1) is 5.92 Å². The molecule has 0 bridgehead atoms. The fraction of sp³-hybridized carbons (Fsp3) is 1.00. The maximum absolute atomic E-state index is 6.30. The molecule has 2 aliphatic rings. The number of rotatable bonds is 10. The van der Waals surface area contributed by atoms with E-state index in [1.807, 2.05) is 0 Å². The Bertz CT molecular complexity index is 258. The zero-order chi connectivity index (χ0) is 14.3. The Balaban J connectivity index is 1.73. The molecule has 0 aliphatic heterocycles. The van der Waals surface area contributed by atoms with Gasteiger partial charge >= 0.3 is 0 Å². The van der Waals surface area contributed by atoms with Gasteiger partial charge in [0.2, 0.25) is 0 Å². The average molecular weight is 283 g/mol. The molecule has 1 N–H and O–H groups in total. The molecule has 0 unspecified atom stereocenters. The minimum Gasteiger partial charge on any atom is -0.379 e. The van der Waals surface area contributed by atoms with E-state index in [0.29, 0.717) is 0 Å². The monoisotopic (exact) mass is 283 g/mol. The van der Waals surface area contributed by atoms with E-state index in [1.165, 1.54) is 44.9 Å². The van der Waals surface area contributed by atoms with Crippen LogP contribution in [0.5, 0.6) is 0 Å². The molecule has 2 fully saturated rings. The minimum atomic E-state index is 0.0871. The van der Waals surface area contributed by atoms with Crippen molar-refractivity contribution >= 4 is 0 Å². The lowest BCUT2D eigenvalue weighted by atomic mass is 9.77. The standard InChI is InChI=1S/C17H33NO2/c1-3-11-19-12-13-20-17(14-18-16-5-6-16)9-7-15(4-2)8-10-17/h15-16,18H,3-14H2,1-2H3. The van der Waals surface area contributed by atoms with E-state index in [-0.39, 0.29) is 5.60 Å². The molecular weight excluding hydrogens is 250 g/mol. The Morgan fingerprint density at radius 3 is 2.35 bits per heavy atom. The van der Waals surface area contributed by atoms with E-state index in [1.54, 1.807) is 0 Å². The summed E-state index contributed by atoms with van der Waals surface area (Å²) in [6.45, 7) is 7.86. The third-order valence-corrected chi connectivity index (χ3v) is 4.87. The van der Waals surface area contributed by atoms with Gasteiger partial charge in [-0.25, -0.2) is 0 Å². The van der Waals surface area contributed by atoms with Gasteiger partial charge in [-0.05, 0) is 50.9 Å². The van der Waals surface area contributed by atoms with Gasteiger partial charge in [0.15, 0.2) is 0 Å². The topological polar surface area (TPSA) is 30.5 Å². The highest BCUT2D eigenvalue weighted by atomic mass is 16.5. The Kier molecular flexibility index (Phi) is 6.79. The van der Waals surface area contributed by atoms with E-state index in [9.17, 15) is 0 Å². The molecule has 3 nitrogen and oxygen atoms in total. The maximum Gasteiger partial charge on any atom is 0.0807 e. The predicted molar refractivity (Wildman–Crippen MR) is 83.1 cm³/mol. The van der Waals surface area contributed by atoms with Crippen molar-refractivity contribution in [2.45, 2.75) is 76.9 Å². The summed E-state index contributed by atoms with van der Waals surface area (Å²) >= 11 is 0. The first kappa shape index (κ1) is 16.3. The molecule has 118 valence electrons. The van der Waals surface area contributed by atoms with Crippen molar-refractivity contribution in [3.63, 3.8) is 0 Å². The highest BCUT2D eigenvalue weighted by molar-refractivity contribution is 4.92. The number of ether oxygens (including phenoxy) is 2. The van der Waals surface area contributed by atoms with Gasteiger partial charge in [0, 0.05) is 19.2 Å². The first-order valence-corrected chi connectivity index (χ1v) is 8.73. The zero-order valence-electron chi connectivity index (χ0n) is 13.5. The van der Waals surface area contributed by atoms with Gasteiger partial charge in [-0.2, -0.15) is 0 Å². The molecule has 0 heterocycles. The molecular formula is C17H33NO2. The average Bonchev–Trinajstić information content (AvgIpc) is 3.30. The van der Waals surface area contributed by atoms with Gasteiger partial charge in [-0.3, -0.25) is 0 Å². The number of hydrogen-bond donors (Lipinski definition) is 1. The van der Waals surface area contributed by atoms with E-state index < -0.39 is 0 Å². The van der Waals surface area contributed by atoms with Crippen molar-refractivity contribution in [1.82, 2.24) is 5.32 Å². The molecule has 2 rings (SSSR count). The van der Waals surface area contributed by atoms with Crippen LogP contribution in [0.1, 0.15) is 65.2 Å². The molecule has 0 amide bonds. The van der Waals surface area contributed by atoms with Crippen LogP contribution in [0.2, 0.25) is 0 Å². The summed E-state index contributed by atoms with van der Waals surface area (Å²) in [5, 5.41) is 3.69. The van der Waals surface area contributed by atoms with Gasteiger partial charge in [-0.15, -0.1) is 0 Å². The van der Waals surface area contributed by atoms with E-state index in [2.05, 4.69) is 19.2 Å². The van der Waals surface area contributed by atoms with E-state index in [4.69, 9.17) is 9.47 Å². The van der Waals surface area contributed by atoms with Crippen molar-refractivity contribution < 1.29 is 9.47 Å². The number of hydrogen-bond acceptors (Lipinski definition) is 3. The molecule has 0 radical (unpaired) electrons. The predicted octanol–water partition coefficient (Wildman–Crippen LogP) is 3.52. The third-order valence-electron chi connectivity index (χ3n) is 4.87. The minimum absolute atomic E-state index is 0.0871. The van der Waals surface area contributed by atoms with Crippen molar-refractivity contribution in [2.75, 3.05) is 26.4 Å². The van der Waals surface area contributed by atoms with Gasteiger partial charge in [0.1, 0.15) is 0 Å². The van der Waals surface area contributed by atoms with Crippen LogP contribution >= 0.6 is 0 Å². The highest BCUT2D eigenvalue weighted by Gasteiger charge is 2.37. The lowest BCUT2D eigenvalue weighted by Gasteiger charge is -2.40. The van der Waals surface area contributed by atoms with E-state index >= 15 is 0 Å². The summed E-state index contributed by atoms with van der Waals surface area (Å²) < 4.78 is 11.9. The van der Waals surface area contributed by atoms with E-state index in [0.717, 1.165) is 44.7 Å². The summed E-state index contributed by atoms with van der Waals surface area (Å²) in [6.07, 6.45) is 10.2. The Hall–Kier alpha value is -0.120. The second-order valence-corrected chi connectivity index (χ2v) is 6.65. The largest absolute Gasteiger partial charge is 0.379 e. The summed E-state index contributed by atoms with van der Waals surface area (Å²) in [5.74, 6) is 0.920. The fourth-order valence-corrected chi connectivity index (χ4v) is 3.17. The van der Waals surface area contributed by atoms with Crippen LogP contribution in [0.15, 0.2) is 0 Å². The van der Waals surface area contributed by atoms with Crippen molar-refractivity contribution in [3.05, 3.63) is 0 Å². The lowest BCUT2D eigenvalue weighted by molar-refractivity contribution is -0.0929. The maximum atomic E-state index is 6.30. The molecule has 20 heavy (non-hydrogen) atoms. The fourth-order valence-electron chi connectivity index (χ4n) is 3.17. The molecule has 2 saturated carbocycles. The second-order valence-electron chi connectivity index (χ2n) is 6.65. The zero-order valence-corrected chi connectivity index (χ0v) is 13.5. The molecule has 0 aromatic rings. The van der Waals surface area contributed by atoms with Crippen molar-refractivity contribution in [1.29, 1.82) is 0 Å². The molecule has 0 aromatic carbocycles. The first-order valence-electron chi connectivity index (χ1n) is 8.73. The highest BCUT2D eigenvalue weighted by Crippen LogP contribution is 2.36. The summed E-state index contributed by atoms with van der Waals surface area (Å²) in [7, 11) is 0. The van der Waals surface area contributed by atoms with Crippen LogP contribution in [0.25, 0.3) is 0 Å². The van der Waals surface area contributed by atoms with Crippen LogP contribution in [-0.4, -0.2) is 38.0 Å². The Morgan fingerprint density at radius 2 is 1.75 bits per heavy atom. The normalized spacial score (nSPS) is 30.6. The Labute approximate surface area is 124 Å². The molecule has 0 aromatic heterocycles. The van der Waals surface area contributed by atoms with Gasteiger partial charge in [0.05, 0.1) is 18.8 Å². The third kappa shape index (κ3) is 5.34. The molecule has 0 atom stereocenters. The van der Waals surface area contributed by atoms with Crippen LogP contribution in [0.4, 0.5) is 0 Å². The molecule has 0 spiro atoms. The smallest absolute Gasteiger partial charge is 0.0807 e. The SMILES string of the molecule is CCCOCCOC1(CNC2CC2)CCC(CC)CC1. The molecule has 3 heteroatoms. The van der Waals surface area contributed by atoms with Crippen LogP contribution in [-0.2, 0) is 9.47 Å². The lowest BCUT2D eigenvalue weighted by Crippen LogP contribution is -2.47. The van der Waals surface area contributed by atoms with Gasteiger partial charge in [0.25, 0.3) is 0 Å². The van der Waals surface area contributed by atoms with Crippen molar-refractivity contribution in [2.24, 2.45) is 5.92 Å². The molecule has 2 aliphatic carbocycles. The second kappa shape index (κ2) is 8.35. The van der Waals surface area contributed by atoms with Crippen LogP contribution < -0.4 is 5.32 Å². The Morgan fingerprint density at radius 1 is 1.00 bits per heavy atom.